The van der Waals surface area contributed by atoms with Crippen molar-refractivity contribution in [3.8, 4) is 0 Å². The van der Waals surface area contributed by atoms with Crippen molar-refractivity contribution in [3.05, 3.63) is 12.3 Å². The molecule has 2 atom stereocenters. The van der Waals surface area contributed by atoms with Crippen LogP contribution >= 0.6 is 0 Å². The minimum absolute atomic E-state index is 0.457. The van der Waals surface area contributed by atoms with Gasteiger partial charge in [0.25, 0.3) is 0 Å². The quantitative estimate of drug-likeness (QED) is 0.677. The van der Waals surface area contributed by atoms with E-state index >= 15 is 0 Å². The van der Waals surface area contributed by atoms with Crippen LogP contribution in [0.15, 0.2) is 17.5 Å². The number of rotatable bonds is 2. The van der Waals surface area contributed by atoms with E-state index < -0.39 is 11.2 Å². The van der Waals surface area contributed by atoms with Gasteiger partial charge in [0, 0.05) is 6.42 Å². The summed E-state index contributed by atoms with van der Waals surface area (Å²) in [5.41, 5.74) is -1.24. The second kappa shape index (κ2) is 2.73. The van der Waals surface area contributed by atoms with Crippen molar-refractivity contribution in [1.82, 2.24) is 0 Å². The van der Waals surface area contributed by atoms with Crippen molar-refractivity contribution in [1.29, 1.82) is 0 Å². The zero-order chi connectivity index (χ0) is 10.4. The number of fused-ring (bicyclic) bond motifs is 1. The molecule has 0 aromatic heterocycles. The van der Waals surface area contributed by atoms with Crippen LogP contribution in [0.2, 0.25) is 0 Å². The molecule has 1 aliphatic carbocycles. The van der Waals surface area contributed by atoms with Gasteiger partial charge in [0.2, 0.25) is 5.60 Å². The van der Waals surface area contributed by atoms with Crippen LogP contribution in [-0.2, 0) is 9.57 Å². The molecule has 0 amide bonds. The second-order valence-electron chi connectivity index (χ2n) is 3.94. The monoisotopic (exact) mass is 197 g/mol. The molecule has 0 radical (unpaired) electrons. The first-order valence-corrected chi connectivity index (χ1v) is 4.76. The summed E-state index contributed by atoms with van der Waals surface area (Å²) in [5, 5.41) is 14.3. The smallest absolute Gasteiger partial charge is 0.226 e. The fourth-order valence-corrected chi connectivity index (χ4v) is 2.40. The van der Waals surface area contributed by atoms with Crippen LogP contribution in [0.4, 0.5) is 0 Å². The number of aliphatic hydroxyl groups is 1. The third-order valence-corrected chi connectivity index (χ3v) is 3.37. The number of oxime groups is 1. The van der Waals surface area contributed by atoms with Crippen LogP contribution in [0.1, 0.15) is 26.2 Å². The third kappa shape index (κ3) is 0.843. The Morgan fingerprint density at radius 3 is 3.00 bits per heavy atom. The molecule has 0 aromatic carbocycles. The van der Waals surface area contributed by atoms with Crippen LogP contribution < -0.4 is 0 Å². The summed E-state index contributed by atoms with van der Waals surface area (Å²) >= 11 is 0. The Balaban J connectivity index is 2.42. The molecule has 1 heterocycles. The lowest BCUT2D eigenvalue weighted by Gasteiger charge is -2.33. The van der Waals surface area contributed by atoms with Crippen molar-refractivity contribution in [2.45, 2.75) is 37.4 Å². The minimum Gasteiger partial charge on any atom is -0.497 e. The highest BCUT2D eigenvalue weighted by molar-refractivity contribution is 5.93. The molecular weight excluding hydrogens is 182 g/mol. The summed E-state index contributed by atoms with van der Waals surface area (Å²) in [6.07, 6.45) is 2.26. The maximum atomic E-state index is 10.5. The molecule has 2 unspecified atom stereocenters. The zero-order valence-corrected chi connectivity index (χ0v) is 8.54. The Bertz CT molecular complexity index is 312. The minimum atomic E-state index is -1.01. The first-order valence-electron chi connectivity index (χ1n) is 4.76. The average Bonchev–Trinajstić information content (AvgIpc) is 2.63. The van der Waals surface area contributed by atoms with Crippen LogP contribution in [-0.4, -0.2) is 29.1 Å². The highest BCUT2D eigenvalue weighted by Crippen LogP contribution is 2.50. The Labute approximate surface area is 83.2 Å². The summed E-state index contributed by atoms with van der Waals surface area (Å²) < 4.78 is 5.10. The Hall–Kier alpha value is -1.03. The molecule has 2 rings (SSSR count). The van der Waals surface area contributed by atoms with E-state index in [-0.39, 0.29) is 0 Å². The van der Waals surface area contributed by atoms with E-state index in [1.165, 1.54) is 7.11 Å². The highest BCUT2D eigenvalue weighted by Gasteiger charge is 2.64. The van der Waals surface area contributed by atoms with E-state index in [0.29, 0.717) is 24.3 Å². The molecule has 4 heteroatoms. The van der Waals surface area contributed by atoms with E-state index in [1.54, 1.807) is 6.92 Å². The molecule has 1 N–H and O–H groups in total. The van der Waals surface area contributed by atoms with Crippen LogP contribution in [0, 0.1) is 0 Å². The van der Waals surface area contributed by atoms with Crippen molar-refractivity contribution >= 4 is 5.71 Å². The van der Waals surface area contributed by atoms with Crippen molar-refractivity contribution in [3.63, 3.8) is 0 Å². The fraction of sp³-hybridized carbons (Fsp3) is 0.700. The largest absolute Gasteiger partial charge is 0.497 e. The van der Waals surface area contributed by atoms with Crippen molar-refractivity contribution < 1.29 is 14.7 Å². The maximum absolute atomic E-state index is 10.5. The van der Waals surface area contributed by atoms with Gasteiger partial charge in [0.1, 0.15) is 5.76 Å². The molecule has 1 saturated carbocycles. The lowest BCUT2D eigenvalue weighted by Crippen LogP contribution is -2.52. The van der Waals surface area contributed by atoms with Gasteiger partial charge >= 0.3 is 0 Å². The third-order valence-electron chi connectivity index (χ3n) is 3.37. The maximum Gasteiger partial charge on any atom is 0.226 e. The van der Waals surface area contributed by atoms with Crippen molar-refractivity contribution in [2.75, 3.05) is 7.11 Å². The molecule has 0 bridgehead atoms. The molecular formula is C10H15NO3. The van der Waals surface area contributed by atoms with Gasteiger partial charge < -0.3 is 14.7 Å². The molecule has 2 aliphatic rings. The predicted molar refractivity (Wildman–Crippen MR) is 51.9 cm³/mol. The number of methoxy groups -OCH3 is 1. The van der Waals surface area contributed by atoms with E-state index in [1.807, 2.05) is 0 Å². The Morgan fingerprint density at radius 2 is 2.36 bits per heavy atom. The Kier molecular flexibility index (Phi) is 1.86. The van der Waals surface area contributed by atoms with E-state index in [0.717, 1.165) is 6.42 Å². The average molecular weight is 197 g/mol. The molecule has 14 heavy (non-hydrogen) atoms. The first kappa shape index (κ1) is 9.52. The highest BCUT2D eigenvalue weighted by atomic mass is 16.7. The van der Waals surface area contributed by atoms with E-state index in [2.05, 4.69) is 11.7 Å². The number of hydrogen-bond donors (Lipinski definition) is 1. The predicted octanol–water partition coefficient (Wildman–Crippen LogP) is 1.21. The van der Waals surface area contributed by atoms with Crippen LogP contribution in [0.25, 0.3) is 0 Å². The first-order chi connectivity index (χ1) is 6.57. The van der Waals surface area contributed by atoms with Gasteiger partial charge in [-0.25, -0.2) is 0 Å². The second-order valence-corrected chi connectivity index (χ2v) is 3.94. The SMILES string of the molecule is C=C(OC)C12CCCC1(O)C(C)=NO2. The van der Waals surface area contributed by atoms with Gasteiger partial charge in [0.05, 0.1) is 12.8 Å². The lowest BCUT2D eigenvalue weighted by molar-refractivity contribution is -0.106. The van der Waals surface area contributed by atoms with Gasteiger partial charge in [-0.2, -0.15) is 0 Å². The summed E-state index contributed by atoms with van der Waals surface area (Å²) in [4.78, 5) is 5.35. The number of nitrogens with zero attached hydrogens (tertiary/aromatic N) is 1. The van der Waals surface area contributed by atoms with Crippen LogP contribution in [0.3, 0.4) is 0 Å². The number of ether oxygens (including phenoxy) is 1. The molecule has 0 saturated heterocycles. The molecule has 1 fully saturated rings. The molecule has 4 nitrogen and oxygen atoms in total. The normalized spacial score (nSPS) is 40.1. The molecule has 0 spiro atoms. The molecule has 0 aromatic rings. The van der Waals surface area contributed by atoms with Gasteiger partial charge in [-0.3, -0.25) is 0 Å². The Morgan fingerprint density at radius 1 is 1.64 bits per heavy atom. The summed E-state index contributed by atoms with van der Waals surface area (Å²) in [5.74, 6) is 0.457. The van der Waals surface area contributed by atoms with Crippen LogP contribution in [0.5, 0.6) is 0 Å². The molecule has 78 valence electrons. The van der Waals surface area contributed by atoms with Gasteiger partial charge in [-0.05, 0) is 19.8 Å². The van der Waals surface area contributed by atoms with Crippen molar-refractivity contribution in [2.24, 2.45) is 5.16 Å². The standard InChI is InChI=1S/C10H15NO3/c1-7-9(12)5-4-6-10(9,14-11-7)8(2)13-3/h12H,2,4-6H2,1,3H3. The van der Waals surface area contributed by atoms with E-state index in [9.17, 15) is 5.11 Å². The summed E-state index contributed by atoms with van der Waals surface area (Å²) in [6, 6.07) is 0. The topological polar surface area (TPSA) is 51.0 Å². The fourth-order valence-electron chi connectivity index (χ4n) is 2.40. The number of hydrogen-bond acceptors (Lipinski definition) is 4. The van der Waals surface area contributed by atoms with Gasteiger partial charge in [-0.15, -0.1) is 0 Å². The molecule has 1 aliphatic heterocycles. The van der Waals surface area contributed by atoms with Gasteiger partial charge in [0.15, 0.2) is 5.60 Å². The zero-order valence-electron chi connectivity index (χ0n) is 8.54. The lowest BCUT2D eigenvalue weighted by atomic mass is 9.82. The summed E-state index contributed by atoms with van der Waals surface area (Å²) in [7, 11) is 1.53. The van der Waals surface area contributed by atoms with Gasteiger partial charge in [-0.1, -0.05) is 11.7 Å². The summed E-state index contributed by atoms with van der Waals surface area (Å²) in [6.45, 7) is 5.56. The van der Waals surface area contributed by atoms with E-state index in [4.69, 9.17) is 9.57 Å².